The van der Waals surface area contributed by atoms with Crippen molar-refractivity contribution in [2.24, 2.45) is 0 Å². The van der Waals surface area contributed by atoms with Gasteiger partial charge in [0.25, 0.3) is 5.56 Å². The normalized spacial score (nSPS) is 11.0. The molecule has 2 aromatic carbocycles. The highest BCUT2D eigenvalue weighted by Crippen LogP contribution is 2.28. The van der Waals surface area contributed by atoms with Crippen molar-refractivity contribution in [1.82, 2.24) is 15.0 Å². The molecular formula is C21H16FN3O. The van der Waals surface area contributed by atoms with Gasteiger partial charge in [-0.15, -0.1) is 0 Å². The molecule has 0 saturated carbocycles. The van der Waals surface area contributed by atoms with E-state index in [-0.39, 0.29) is 11.1 Å². The smallest absolute Gasteiger partial charge is 0.256 e. The van der Waals surface area contributed by atoms with Crippen molar-refractivity contribution in [3.63, 3.8) is 0 Å². The van der Waals surface area contributed by atoms with Crippen LogP contribution in [0.5, 0.6) is 0 Å². The molecule has 0 atom stereocenters. The van der Waals surface area contributed by atoms with Crippen LogP contribution in [0.1, 0.15) is 11.1 Å². The number of hydrogen-bond acceptors (Lipinski definition) is 3. The van der Waals surface area contributed by atoms with Crippen molar-refractivity contribution in [1.29, 1.82) is 0 Å². The van der Waals surface area contributed by atoms with Gasteiger partial charge in [0, 0.05) is 17.3 Å². The van der Waals surface area contributed by atoms with Crippen LogP contribution in [0.15, 0.2) is 59.7 Å². The molecule has 4 rings (SSSR count). The Morgan fingerprint density at radius 2 is 1.73 bits per heavy atom. The molecule has 0 amide bonds. The highest BCUT2D eigenvalue weighted by Gasteiger charge is 2.13. The van der Waals surface area contributed by atoms with E-state index in [2.05, 4.69) is 9.97 Å². The minimum atomic E-state index is -0.501. The number of hydrogen-bond donors (Lipinski definition) is 1. The Morgan fingerprint density at radius 1 is 0.962 bits per heavy atom. The number of aryl methyl sites for hydroxylation is 2. The van der Waals surface area contributed by atoms with Gasteiger partial charge < -0.3 is 4.98 Å². The maximum absolute atomic E-state index is 13.6. The van der Waals surface area contributed by atoms with Gasteiger partial charge in [0.15, 0.2) is 0 Å². The summed E-state index contributed by atoms with van der Waals surface area (Å²) < 4.78 is 13.6. The molecule has 0 bridgehead atoms. The van der Waals surface area contributed by atoms with Gasteiger partial charge in [0.1, 0.15) is 5.82 Å². The lowest BCUT2D eigenvalue weighted by molar-refractivity contribution is 0.621. The van der Waals surface area contributed by atoms with Crippen molar-refractivity contribution in [3.05, 3.63) is 82.2 Å². The van der Waals surface area contributed by atoms with Crippen LogP contribution in [-0.4, -0.2) is 15.0 Å². The zero-order chi connectivity index (χ0) is 18.3. The molecule has 0 aliphatic rings. The Kier molecular flexibility index (Phi) is 3.84. The highest BCUT2D eigenvalue weighted by molar-refractivity contribution is 5.92. The molecule has 0 radical (unpaired) electrons. The van der Waals surface area contributed by atoms with Crippen molar-refractivity contribution < 1.29 is 4.39 Å². The summed E-state index contributed by atoms with van der Waals surface area (Å²) in [5, 5.41) is 0. The molecule has 0 aliphatic carbocycles. The largest absolute Gasteiger partial charge is 0.326 e. The van der Waals surface area contributed by atoms with Crippen LogP contribution in [0.4, 0.5) is 4.39 Å². The molecule has 1 N–H and O–H groups in total. The summed E-state index contributed by atoms with van der Waals surface area (Å²) in [5.41, 5.74) is 5.52. The van der Waals surface area contributed by atoms with E-state index in [1.807, 2.05) is 50.2 Å². The minimum Gasteiger partial charge on any atom is -0.326 e. The Hall–Kier alpha value is -3.34. The van der Waals surface area contributed by atoms with E-state index in [4.69, 9.17) is 4.98 Å². The Labute approximate surface area is 149 Å². The van der Waals surface area contributed by atoms with Gasteiger partial charge in [0.05, 0.1) is 28.5 Å². The monoisotopic (exact) mass is 345 g/mol. The number of rotatable bonds is 2. The van der Waals surface area contributed by atoms with E-state index < -0.39 is 5.82 Å². The molecule has 2 aromatic heterocycles. The van der Waals surface area contributed by atoms with Gasteiger partial charge in [-0.1, -0.05) is 29.8 Å². The number of halogens is 1. The average Bonchev–Trinajstić information content (AvgIpc) is 2.63. The molecule has 2 heterocycles. The van der Waals surface area contributed by atoms with E-state index in [0.29, 0.717) is 16.6 Å². The van der Waals surface area contributed by atoms with Crippen molar-refractivity contribution >= 4 is 11.0 Å². The van der Waals surface area contributed by atoms with E-state index in [1.54, 1.807) is 6.20 Å². The molecule has 26 heavy (non-hydrogen) atoms. The number of nitrogens with zero attached hydrogens (tertiary/aromatic N) is 2. The highest BCUT2D eigenvalue weighted by atomic mass is 19.1. The van der Waals surface area contributed by atoms with Gasteiger partial charge in [-0.2, -0.15) is 0 Å². The first-order chi connectivity index (χ1) is 12.5. The zero-order valence-corrected chi connectivity index (χ0v) is 14.4. The fourth-order valence-corrected chi connectivity index (χ4v) is 2.99. The van der Waals surface area contributed by atoms with Gasteiger partial charge in [-0.3, -0.25) is 9.78 Å². The standard InChI is InChI=1S/C21H16FN3O/c1-12-3-5-14(6-4-12)19-11-23-20-16(7-13(2)8-18(20)25-19)17-9-15(22)10-24-21(17)26/h3-11H,1-2H3,(H,24,26). The second-order valence-corrected chi connectivity index (χ2v) is 6.36. The summed E-state index contributed by atoms with van der Waals surface area (Å²) in [6.07, 6.45) is 2.73. The summed E-state index contributed by atoms with van der Waals surface area (Å²) in [4.78, 5) is 23.8. The van der Waals surface area contributed by atoms with Crippen LogP contribution in [0.25, 0.3) is 33.4 Å². The van der Waals surface area contributed by atoms with Gasteiger partial charge >= 0.3 is 0 Å². The lowest BCUT2D eigenvalue weighted by Gasteiger charge is -2.09. The number of fused-ring (bicyclic) bond motifs is 1. The van der Waals surface area contributed by atoms with Crippen LogP contribution in [-0.2, 0) is 0 Å². The van der Waals surface area contributed by atoms with Gasteiger partial charge in [0.2, 0.25) is 0 Å². The fourth-order valence-electron chi connectivity index (χ4n) is 2.99. The average molecular weight is 345 g/mol. The van der Waals surface area contributed by atoms with E-state index >= 15 is 0 Å². The second kappa shape index (κ2) is 6.19. The van der Waals surface area contributed by atoms with Crippen molar-refractivity contribution in [2.45, 2.75) is 13.8 Å². The predicted molar refractivity (Wildman–Crippen MR) is 100 cm³/mol. The third-order valence-corrected chi connectivity index (χ3v) is 4.30. The fraction of sp³-hybridized carbons (Fsp3) is 0.0952. The lowest BCUT2D eigenvalue weighted by Crippen LogP contribution is -2.09. The van der Waals surface area contributed by atoms with E-state index in [9.17, 15) is 9.18 Å². The van der Waals surface area contributed by atoms with Crippen molar-refractivity contribution in [3.8, 4) is 22.4 Å². The molecule has 4 aromatic rings. The van der Waals surface area contributed by atoms with Crippen molar-refractivity contribution in [2.75, 3.05) is 0 Å². The molecule has 4 nitrogen and oxygen atoms in total. The first-order valence-electron chi connectivity index (χ1n) is 8.24. The third kappa shape index (κ3) is 2.88. The number of benzene rings is 2. The predicted octanol–water partition coefficient (Wildman–Crippen LogP) is 4.41. The maximum atomic E-state index is 13.6. The van der Waals surface area contributed by atoms with Crippen LogP contribution in [0.3, 0.4) is 0 Å². The second-order valence-electron chi connectivity index (χ2n) is 6.36. The molecule has 0 fully saturated rings. The van der Waals surface area contributed by atoms with E-state index in [1.165, 1.54) is 11.6 Å². The first-order valence-corrected chi connectivity index (χ1v) is 8.24. The lowest BCUT2D eigenvalue weighted by atomic mass is 10.0. The first kappa shape index (κ1) is 16.1. The molecule has 0 aliphatic heterocycles. The Morgan fingerprint density at radius 3 is 2.50 bits per heavy atom. The van der Waals surface area contributed by atoms with Gasteiger partial charge in [-0.25, -0.2) is 9.37 Å². The quantitative estimate of drug-likeness (QED) is 0.585. The van der Waals surface area contributed by atoms with Gasteiger partial charge in [-0.05, 0) is 37.6 Å². The molecule has 128 valence electrons. The third-order valence-electron chi connectivity index (χ3n) is 4.30. The molecule has 0 unspecified atom stereocenters. The Balaban J connectivity index is 1.95. The zero-order valence-electron chi connectivity index (χ0n) is 14.4. The number of pyridine rings is 1. The number of aromatic amines is 1. The molecule has 0 spiro atoms. The van der Waals surface area contributed by atoms with Crippen LogP contribution in [0, 0.1) is 19.7 Å². The molecule has 0 saturated heterocycles. The molecule has 5 heteroatoms. The SMILES string of the molecule is Cc1ccc(-c2cnc3c(-c4cc(F)c[nH]c4=O)cc(C)cc3n2)cc1. The maximum Gasteiger partial charge on any atom is 0.256 e. The number of aromatic nitrogens is 3. The number of H-pyrrole nitrogens is 1. The van der Waals surface area contributed by atoms with Crippen LogP contribution >= 0.6 is 0 Å². The molecular weight excluding hydrogens is 329 g/mol. The summed E-state index contributed by atoms with van der Waals surface area (Å²) in [7, 11) is 0. The minimum absolute atomic E-state index is 0.246. The number of nitrogens with one attached hydrogen (secondary N) is 1. The van der Waals surface area contributed by atoms with Crippen LogP contribution in [0.2, 0.25) is 0 Å². The topological polar surface area (TPSA) is 58.6 Å². The van der Waals surface area contributed by atoms with Crippen LogP contribution < -0.4 is 5.56 Å². The summed E-state index contributed by atoms with van der Waals surface area (Å²) >= 11 is 0. The summed E-state index contributed by atoms with van der Waals surface area (Å²) in [6, 6.07) is 13.0. The van der Waals surface area contributed by atoms with E-state index in [0.717, 1.165) is 23.0 Å². The Bertz CT molecular complexity index is 1180. The summed E-state index contributed by atoms with van der Waals surface area (Å²) in [5.74, 6) is -0.501. The summed E-state index contributed by atoms with van der Waals surface area (Å²) in [6.45, 7) is 3.94.